The van der Waals surface area contributed by atoms with E-state index in [1.54, 1.807) is 6.07 Å². The molecule has 26 heavy (non-hydrogen) atoms. The third-order valence-electron chi connectivity index (χ3n) is 3.10. The van der Waals surface area contributed by atoms with Gasteiger partial charge in [0.15, 0.2) is 11.5 Å². The van der Waals surface area contributed by atoms with E-state index in [9.17, 15) is 23.7 Å². The fourth-order valence-corrected chi connectivity index (χ4v) is 1.98. The summed E-state index contributed by atoms with van der Waals surface area (Å²) in [6.07, 6.45) is 2.20. The van der Waals surface area contributed by atoms with E-state index in [-0.39, 0.29) is 28.5 Å². The lowest BCUT2D eigenvalue weighted by molar-refractivity contribution is -0.384. The number of non-ortho nitro benzene ring substituents is 1. The van der Waals surface area contributed by atoms with Crippen molar-refractivity contribution in [1.29, 1.82) is 0 Å². The Bertz CT molecular complexity index is 838. The van der Waals surface area contributed by atoms with Gasteiger partial charge in [-0.25, -0.2) is 4.79 Å². The van der Waals surface area contributed by atoms with Crippen LogP contribution in [0.15, 0.2) is 48.5 Å². The lowest BCUT2D eigenvalue weighted by Crippen LogP contribution is -2.06. The number of nitro groups is 1. The van der Waals surface area contributed by atoms with E-state index in [0.717, 1.165) is 12.1 Å². The summed E-state index contributed by atoms with van der Waals surface area (Å²) in [5.74, 6) is -1.01. The molecule has 0 N–H and O–H groups in total. The van der Waals surface area contributed by atoms with Gasteiger partial charge in [0.2, 0.25) is 0 Å². The van der Waals surface area contributed by atoms with Crippen LogP contribution in [0.3, 0.4) is 0 Å². The van der Waals surface area contributed by atoms with Crippen LogP contribution in [0, 0.1) is 10.1 Å². The van der Waals surface area contributed by atoms with E-state index in [0.29, 0.717) is 0 Å². The molecular formula is C17H13F2NO6. The van der Waals surface area contributed by atoms with Crippen LogP contribution in [0.2, 0.25) is 0 Å². The molecule has 2 rings (SSSR count). The summed E-state index contributed by atoms with van der Waals surface area (Å²) < 4.78 is 39.1. The second-order valence-corrected chi connectivity index (χ2v) is 4.76. The second kappa shape index (κ2) is 8.56. The number of carbonyl (C=O) groups excluding carboxylic acids is 1. The SMILES string of the molecule is COc1ccc([N+](=O)[O-])cc1OC(=O)/C=C/c1ccccc1OC(F)F. The molecule has 7 nitrogen and oxygen atoms in total. The Kier molecular flexibility index (Phi) is 6.20. The van der Waals surface area contributed by atoms with Gasteiger partial charge in [-0.1, -0.05) is 18.2 Å². The van der Waals surface area contributed by atoms with Gasteiger partial charge in [-0.15, -0.1) is 0 Å². The fourth-order valence-electron chi connectivity index (χ4n) is 1.98. The summed E-state index contributed by atoms with van der Waals surface area (Å²) in [5.41, 5.74) is -0.0518. The van der Waals surface area contributed by atoms with Gasteiger partial charge in [-0.05, 0) is 18.2 Å². The standard InChI is InChI=1S/C17H13F2NO6/c1-24-14-8-7-12(20(22)23)10-15(14)25-16(21)9-6-11-4-2-3-5-13(11)26-17(18)19/h2-10,17H,1H3/b9-6+. The molecule has 0 saturated heterocycles. The van der Waals surface area contributed by atoms with Gasteiger partial charge in [0.1, 0.15) is 5.75 Å². The molecule has 0 aliphatic rings. The molecule has 0 unspecified atom stereocenters. The van der Waals surface area contributed by atoms with Crippen LogP contribution in [0.25, 0.3) is 6.08 Å². The molecule has 0 saturated carbocycles. The van der Waals surface area contributed by atoms with Gasteiger partial charge in [0, 0.05) is 17.7 Å². The Morgan fingerprint density at radius 1 is 1.15 bits per heavy atom. The number of hydrogen-bond donors (Lipinski definition) is 0. The van der Waals surface area contributed by atoms with E-state index >= 15 is 0 Å². The van der Waals surface area contributed by atoms with E-state index in [4.69, 9.17) is 9.47 Å². The summed E-state index contributed by atoms with van der Waals surface area (Å²) in [4.78, 5) is 22.1. The Morgan fingerprint density at radius 3 is 2.54 bits per heavy atom. The van der Waals surface area contributed by atoms with Crippen molar-refractivity contribution in [2.45, 2.75) is 6.61 Å². The molecule has 0 aromatic heterocycles. The summed E-state index contributed by atoms with van der Waals surface area (Å²) in [7, 11) is 1.31. The zero-order valence-corrected chi connectivity index (χ0v) is 13.4. The molecule has 0 amide bonds. The second-order valence-electron chi connectivity index (χ2n) is 4.76. The number of hydrogen-bond acceptors (Lipinski definition) is 6. The molecule has 0 bridgehead atoms. The highest BCUT2D eigenvalue weighted by Crippen LogP contribution is 2.31. The summed E-state index contributed by atoms with van der Waals surface area (Å²) in [6, 6.07) is 9.39. The maximum Gasteiger partial charge on any atom is 0.387 e. The van der Waals surface area contributed by atoms with Crippen LogP contribution >= 0.6 is 0 Å². The van der Waals surface area contributed by atoms with Gasteiger partial charge in [-0.2, -0.15) is 8.78 Å². The van der Waals surface area contributed by atoms with Crippen molar-refractivity contribution in [2.24, 2.45) is 0 Å². The lowest BCUT2D eigenvalue weighted by atomic mass is 10.2. The molecule has 136 valence electrons. The molecule has 2 aromatic carbocycles. The molecule has 2 aromatic rings. The van der Waals surface area contributed by atoms with Gasteiger partial charge >= 0.3 is 12.6 Å². The summed E-state index contributed by atoms with van der Waals surface area (Å²) >= 11 is 0. The maximum absolute atomic E-state index is 12.4. The first-order valence-electron chi connectivity index (χ1n) is 7.17. The monoisotopic (exact) mass is 365 g/mol. The number of ether oxygens (including phenoxy) is 3. The first-order valence-corrected chi connectivity index (χ1v) is 7.17. The number of nitro benzene ring substituents is 1. The molecular weight excluding hydrogens is 352 g/mol. The Hall–Kier alpha value is -3.49. The third kappa shape index (κ3) is 5.00. The van der Waals surface area contributed by atoms with Crippen molar-refractivity contribution in [3.8, 4) is 17.2 Å². The average Bonchev–Trinajstić information content (AvgIpc) is 2.60. The molecule has 0 spiro atoms. The third-order valence-corrected chi connectivity index (χ3v) is 3.10. The molecule has 0 aliphatic heterocycles. The van der Waals surface area contributed by atoms with Crippen molar-refractivity contribution in [3.05, 3.63) is 64.2 Å². The summed E-state index contributed by atoms with van der Waals surface area (Å²) in [6.45, 7) is -3.01. The van der Waals surface area contributed by atoms with Gasteiger partial charge < -0.3 is 14.2 Å². The summed E-state index contributed by atoms with van der Waals surface area (Å²) in [5, 5.41) is 10.8. The van der Waals surface area contributed by atoms with Gasteiger partial charge in [0.05, 0.1) is 18.1 Å². The number of para-hydroxylation sites is 1. The minimum Gasteiger partial charge on any atom is -0.493 e. The number of halogens is 2. The molecule has 0 fully saturated rings. The maximum atomic E-state index is 12.4. The number of rotatable bonds is 7. The predicted octanol–water partition coefficient (Wildman–Crippen LogP) is 3.82. The highest BCUT2D eigenvalue weighted by Gasteiger charge is 2.15. The van der Waals surface area contributed by atoms with E-state index in [1.807, 2.05) is 0 Å². The first kappa shape index (κ1) is 18.8. The fraction of sp³-hybridized carbons (Fsp3) is 0.118. The Labute approximate surface area is 146 Å². The highest BCUT2D eigenvalue weighted by atomic mass is 19.3. The van der Waals surface area contributed by atoms with E-state index in [2.05, 4.69) is 4.74 Å². The molecule has 0 heterocycles. The number of benzene rings is 2. The van der Waals surface area contributed by atoms with Crippen LogP contribution in [0.5, 0.6) is 17.2 Å². The van der Waals surface area contributed by atoms with Crippen LogP contribution in [0.1, 0.15) is 5.56 Å². The smallest absolute Gasteiger partial charge is 0.387 e. The molecule has 9 heteroatoms. The van der Waals surface area contributed by atoms with E-state index in [1.165, 1.54) is 43.5 Å². The van der Waals surface area contributed by atoms with Crippen LogP contribution in [0.4, 0.5) is 14.5 Å². The topological polar surface area (TPSA) is 87.9 Å². The van der Waals surface area contributed by atoms with Crippen molar-refractivity contribution in [2.75, 3.05) is 7.11 Å². The van der Waals surface area contributed by atoms with Crippen LogP contribution in [-0.4, -0.2) is 24.6 Å². The van der Waals surface area contributed by atoms with Gasteiger partial charge in [-0.3, -0.25) is 10.1 Å². The number of carbonyl (C=O) groups is 1. The van der Waals surface area contributed by atoms with Crippen molar-refractivity contribution in [3.63, 3.8) is 0 Å². The first-order chi connectivity index (χ1) is 12.4. The van der Waals surface area contributed by atoms with Crippen LogP contribution < -0.4 is 14.2 Å². The van der Waals surface area contributed by atoms with Crippen molar-refractivity contribution < 1.29 is 32.7 Å². The number of methoxy groups -OCH3 is 1. The average molecular weight is 365 g/mol. The van der Waals surface area contributed by atoms with Crippen molar-refractivity contribution in [1.82, 2.24) is 0 Å². The van der Waals surface area contributed by atoms with Crippen molar-refractivity contribution >= 4 is 17.7 Å². The highest BCUT2D eigenvalue weighted by molar-refractivity contribution is 5.89. The number of nitrogens with zero attached hydrogens (tertiary/aromatic N) is 1. The molecule has 0 atom stereocenters. The lowest BCUT2D eigenvalue weighted by Gasteiger charge is -2.08. The number of alkyl halides is 2. The van der Waals surface area contributed by atoms with Gasteiger partial charge in [0.25, 0.3) is 5.69 Å². The zero-order chi connectivity index (χ0) is 19.1. The quantitative estimate of drug-likeness (QED) is 0.244. The van der Waals surface area contributed by atoms with E-state index < -0.39 is 17.5 Å². The zero-order valence-electron chi connectivity index (χ0n) is 13.4. The normalized spacial score (nSPS) is 10.8. The minimum atomic E-state index is -3.01. The Morgan fingerprint density at radius 2 is 1.88 bits per heavy atom. The van der Waals surface area contributed by atoms with Crippen LogP contribution in [-0.2, 0) is 4.79 Å². The molecule has 0 aliphatic carbocycles. The largest absolute Gasteiger partial charge is 0.493 e. The minimum absolute atomic E-state index is 0.112. The predicted molar refractivity (Wildman–Crippen MR) is 87.4 cm³/mol. The number of esters is 1. The molecule has 0 radical (unpaired) electrons. The Balaban J connectivity index is 2.18.